The minimum absolute atomic E-state index is 0.548. The standard InChI is InChI=1S/C13H28N2S/c1-2-3-4-5-6-9-12(15-14)13-10-7-8-11-16-13/h12-13,15H,2-11,14H2,1H3. The zero-order chi connectivity index (χ0) is 11.6. The van der Waals surface area contributed by atoms with Crippen molar-refractivity contribution in [1.29, 1.82) is 0 Å². The number of unbranched alkanes of at least 4 members (excludes halogenated alkanes) is 4. The lowest BCUT2D eigenvalue weighted by Gasteiger charge is -2.29. The van der Waals surface area contributed by atoms with E-state index >= 15 is 0 Å². The van der Waals surface area contributed by atoms with Crippen LogP contribution in [0.5, 0.6) is 0 Å². The minimum Gasteiger partial charge on any atom is -0.271 e. The average Bonchev–Trinajstić information content (AvgIpc) is 2.35. The fourth-order valence-electron chi connectivity index (χ4n) is 2.43. The van der Waals surface area contributed by atoms with Crippen LogP contribution < -0.4 is 11.3 Å². The first-order valence-electron chi connectivity index (χ1n) is 6.96. The zero-order valence-electron chi connectivity index (χ0n) is 10.7. The lowest BCUT2D eigenvalue weighted by molar-refractivity contribution is 0.428. The summed E-state index contributed by atoms with van der Waals surface area (Å²) in [5.74, 6) is 7.01. The Bertz CT molecular complexity index is 158. The molecule has 2 atom stereocenters. The minimum atomic E-state index is 0.548. The predicted octanol–water partition coefficient (Wildman–Crippen LogP) is 3.46. The second kappa shape index (κ2) is 9.32. The van der Waals surface area contributed by atoms with Crippen LogP contribution in [0.2, 0.25) is 0 Å². The molecule has 2 unspecified atom stereocenters. The predicted molar refractivity (Wildman–Crippen MR) is 74.6 cm³/mol. The molecule has 0 amide bonds. The molecule has 0 aromatic carbocycles. The molecule has 0 bridgehead atoms. The van der Waals surface area contributed by atoms with Crippen LogP contribution in [0.25, 0.3) is 0 Å². The molecule has 3 heteroatoms. The molecular formula is C13H28N2S. The van der Waals surface area contributed by atoms with Gasteiger partial charge in [-0.05, 0) is 25.0 Å². The Morgan fingerprint density at radius 3 is 2.69 bits per heavy atom. The van der Waals surface area contributed by atoms with E-state index in [1.165, 1.54) is 63.5 Å². The highest BCUT2D eigenvalue weighted by Crippen LogP contribution is 2.29. The molecule has 0 saturated carbocycles. The van der Waals surface area contributed by atoms with Gasteiger partial charge in [-0.2, -0.15) is 11.8 Å². The van der Waals surface area contributed by atoms with Gasteiger partial charge in [0, 0.05) is 11.3 Å². The van der Waals surface area contributed by atoms with Crippen molar-refractivity contribution in [2.75, 3.05) is 5.75 Å². The molecule has 1 fully saturated rings. The Kier molecular flexibility index (Phi) is 8.34. The fraction of sp³-hybridized carbons (Fsp3) is 1.00. The maximum Gasteiger partial charge on any atom is 0.0329 e. The van der Waals surface area contributed by atoms with Crippen molar-refractivity contribution in [2.24, 2.45) is 5.84 Å². The molecule has 1 rings (SSSR count). The second-order valence-corrected chi connectivity index (χ2v) is 6.23. The molecule has 1 aliphatic heterocycles. The van der Waals surface area contributed by atoms with Gasteiger partial charge in [0.1, 0.15) is 0 Å². The van der Waals surface area contributed by atoms with Crippen LogP contribution in [-0.2, 0) is 0 Å². The topological polar surface area (TPSA) is 38.0 Å². The quantitative estimate of drug-likeness (QED) is 0.390. The Morgan fingerprint density at radius 2 is 2.06 bits per heavy atom. The fourth-order valence-corrected chi connectivity index (χ4v) is 3.88. The summed E-state index contributed by atoms with van der Waals surface area (Å²) in [5, 5.41) is 0.768. The third-order valence-corrected chi connectivity index (χ3v) is 5.01. The van der Waals surface area contributed by atoms with E-state index in [0.29, 0.717) is 6.04 Å². The van der Waals surface area contributed by atoms with Crippen LogP contribution in [0.4, 0.5) is 0 Å². The summed E-state index contributed by atoms with van der Waals surface area (Å²) in [6, 6.07) is 0.548. The van der Waals surface area contributed by atoms with Gasteiger partial charge in [-0.3, -0.25) is 11.3 Å². The van der Waals surface area contributed by atoms with Crippen molar-refractivity contribution < 1.29 is 0 Å². The Morgan fingerprint density at radius 1 is 1.25 bits per heavy atom. The lowest BCUT2D eigenvalue weighted by Crippen LogP contribution is -2.43. The maximum absolute atomic E-state index is 5.68. The summed E-state index contributed by atoms with van der Waals surface area (Å²) in [7, 11) is 0. The van der Waals surface area contributed by atoms with Crippen molar-refractivity contribution in [3.8, 4) is 0 Å². The van der Waals surface area contributed by atoms with E-state index in [1.807, 2.05) is 0 Å². The number of thioether (sulfide) groups is 1. The first-order chi connectivity index (χ1) is 7.88. The van der Waals surface area contributed by atoms with Gasteiger partial charge in [0.05, 0.1) is 0 Å². The molecule has 1 saturated heterocycles. The first-order valence-corrected chi connectivity index (χ1v) is 8.01. The van der Waals surface area contributed by atoms with Crippen LogP contribution in [0.3, 0.4) is 0 Å². The average molecular weight is 244 g/mol. The third-order valence-electron chi connectivity index (χ3n) is 3.50. The van der Waals surface area contributed by atoms with Gasteiger partial charge in [-0.1, -0.05) is 45.4 Å². The second-order valence-electron chi connectivity index (χ2n) is 4.88. The van der Waals surface area contributed by atoms with Crippen LogP contribution in [0, 0.1) is 0 Å². The molecule has 16 heavy (non-hydrogen) atoms. The Labute approximate surface area is 105 Å². The molecule has 96 valence electrons. The number of hydrazine groups is 1. The van der Waals surface area contributed by atoms with E-state index in [0.717, 1.165) is 5.25 Å². The Hall–Kier alpha value is 0.270. The van der Waals surface area contributed by atoms with Crippen molar-refractivity contribution in [1.82, 2.24) is 5.43 Å². The number of nitrogens with one attached hydrogen (secondary N) is 1. The molecular weight excluding hydrogens is 216 g/mol. The monoisotopic (exact) mass is 244 g/mol. The van der Waals surface area contributed by atoms with E-state index in [9.17, 15) is 0 Å². The molecule has 0 aromatic heterocycles. The largest absolute Gasteiger partial charge is 0.271 e. The summed E-state index contributed by atoms with van der Waals surface area (Å²) in [6.45, 7) is 2.27. The Balaban J connectivity index is 2.10. The molecule has 3 N–H and O–H groups in total. The maximum atomic E-state index is 5.68. The van der Waals surface area contributed by atoms with Gasteiger partial charge >= 0.3 is 0 Å². The van der Waals surface area contributed by atoms with E-state index < -0.39 is 0 Å². The molecule has 1 aliphatic rings. The number of hydrogen-bond donors (Lipinski definition) is 2. The summed E-state index contributed by atoms with van der Waals surface area (Å²) >= 11 is 2.12. The highest BCUT2D eigenvalue weighted by atomic mass is 32.2. The number of nitrogens with two attached hydrogens (primary N) is 1. The lowest BCUT2D eigenvalue weighted by atomic mass is 10.0. The van der Waals surface area contributed by atoms with E-state index in [1.54, 1.807) is 0 Å². The van der Waals surface area contributed by atoms with E-state index in [-0.39, 0.29) is 0 Å². The molecule has 0 radical (unpaired) electrons. The zero-order valence-corrected chi connectivity index (χ0v) is 11.5. The summed E-state index contributed by atoms with van der Waals surface area (Å²) in [4.78, 5) is 0. The van der Waals surface area contributed by atoms with Gasteiger partial charge < -0.3 is 0 Å². The van der Waals surface area contributed by atoms with Crippen LogP contribution in [0.1, 0.15) is 64.7 Å². The summed E-state index contributed by atoms with van der Waals surface area (Å²) in [5.41, 5.74) is 3.04. The van der Waals surface area contributed by atoms with Gasteiger partial charge in [0.25, 0.3) is 0 Å². The smallest absolute Gasteiger partial charge is 0.0329 e. The first kappa shape index (κ1) is 14.3. The normalized spacial score (nSPS) is 23.2. The number of rotatable bonds is 8. The van der Waals surface area contributed by atoms with Crippen LogP contribution in [0.15, 0.2) is 0 Å². The summed E-state index contributed by atoms with van der Waals surface area (Å²) in [6.07, 6.45) is 12.2. The van der Waals surface area contributed by atoms with Gasteiger partial charge in [-0.15, -0.1) is 0 Å². The van der Waals surface area contributed by atoms with Gasteiger partial charge in [-0.25, -0.2) is 0 Å². The van der Waals surface area contributed by atoms with E-state index in [2.05, 4.69) is 24.1 Å². The van der Waals surface area contributed by atoms with Crippen molar-refractivity contribution in [2.45, 2.75) is 76.0 Å². The van der Waals surface area contributed by atoms with Crippen LogP contribution >= 0.6 is 11.8 Å². The molecule has 1 heterocycles. The third kappa shape index (κ3) is 5.55. The highest BCUT2D eigenvalue weighted by Gasteiger charge is 2.22. The molecule has 0 aromatic rings. The van der Waals surface area contributed by atoms with Crippen molar-refractivity contribution >= 4 is 11.8 Å². The van der Waals surface area contributed by atoms with Crippen LogP contribution in [-0.4, -0.2) is 17.0 Å². The number of hydrogen-bond acceptors (Lipinski definition) is 3. The molecule has 0 spiro atoms. The highest BCUT2D eigenvalue weighted by molar-refractivity contribution is 8.00. The van der Waals surface area contributed by atoms with E-state index in [4.69, 9.17) is 5.84 Å². The molecule has 2 nitrogen and oxygen atoms in total. The summed E-state index contributed by atoms with van der Waals surface area (Å²) < 4.78 is 0. The molecule has 0 aliphatic carbocycles. The van der Waals surface area contributed by atoms with Crippen molar-refractivity contribution in [3.63, 3.8) is 0 Å². The van der Waals surface area contributed by atoms with Gasteiger partial charge in [0.15, 0.2) is 0 Å². The van der Waals surface area contributed by atoms with Crippen molar-refractivity contribution in [3.05, 3.63) is 0 Å². The van der Waals surface area contributed by atoms with Gasteiger partial charge in [0.2, 0.25) is 0 Å². The SMILES string of the molecule is CCCCCCCC(NN)C1CCCCS1.